The SMILES string of the molecule is Clc1cn[nH]c1-c1ccc2c(c1)Cc1ccccc1-2. The van der Waals surface area contributed by atoms with Crippen molar-refractivity contribution in [2.45, 2.75) is 6.42 Å². The normalized spacial score (nSPS) is 12.3. The number of nitrogens with one attached hydrogen (secondary N) is 1. The molecule has 0 bridgehead atoms. The zero-order chi connectivity index (χ0) is 12.8. The highest BCUT2D eigenvalue weighted by Crippen LogP contribution is 2.38. The van der Waals surface area contributed by atoms with Gasteiger partial charge in [0.1, 0.15) is 0 Å². The molecule has 1 heterocycles. The molecule has 0 unspecified atom stereocenters. The lowest BCUT2D eigenvalue weighted by molar-refractivity contribution is 1.09. The van der Waals surface area contributed by atoms with Crippen molar-refractivity contribution in [3.05, 3.63) is 64.8 Å². The van der Waals surface area contributed by atoms with Crippen molar-refractivity contribution >= 4 is 11.6 Å². The minimum atomic E-state index is 0.662. The summed E-state index contributed by atoms with van der Waals surface area (Å²) in [6.07, 6.45) is 2.63. The van der Waals surface area contributed by atoms with E-state index in [0.29, 0.717) is 5.02 Å². The van der Waals surface area contributed by atoms with E-state index in [1.165, 1.54) is 22.3 Å². The zero-order valence-corrected chi connectivity index (χ0v) is 10.9. The molecule has 0 saturated heterocycles. The molecule has 0 saturated carbocycles. The van der Waals surface area contributed by atoms with Gasteiger partial charge in [0.2, 0.25) is 0 Å². The number of nitrogens with zero attached hydrogens (tertiary/aromatic N) is 1. The lowest BCUT2D eigenvalue weighted by atomic mass is 10.0. The van der Waals surface area contributed by atoms with E-state index >= 15 is 0 Å². The van der Waals surface area contributed by atoms with Crippen molar-refractivity contribution in [3.8, 4) is 22.4 Å². The van der Waals surface area contributed by atoms with E-state index in [9.17, 15) is 0 Å². The molecule has 1 aliphatic carbocycles. The number of benzene rings is 2. The van der Waals surface area contributed by atoms with Crippen LogP contribution in [0.3, 0.4) is 0 Å². The second-order valence-electron chi connectivity index (χ2n) is 4.80. The molecular weight excluding hydrogens is 256 g/mol. The molecule has 0 fully saturated rings. The van der Waals surface area contributed by atoms with Crippen LogP contribution in [0, 0.1) is 0 Å². The zero-order valence-electron chi connectivity index (χ0n) is 10.2. The summed E-state index contributed by atoms with van der Waals surface area (Å²) in [5, 5.41) is 7.59. The van der Waals surface area contributed by atoms with E-state index in [1.807, 2.05) is 0 Å². The first-order chi connectivity index (χ1) is 9.33. The van der Waals surface area contributed by atoms with Crippen LogP contribution in [0.25, 0.3) is 22.4 Å². The maximum absolute atomic E-state index is 6.12. The molecule has 0 radical (unpaired) electrons. The number of aromatic amines is 1. The van der Waals surface area contributed by atoms with Crippen molar-refractivity contribution < 1.29 is 0 Å². The molecule has 2 nitrogen and oxygen atoms in total. The minimum Gasteiger partial charge on any atom is -0.276 e. The molecule has 0 amide bonds. The van der Waals surface area contributed by atoms with Crippen LogP contribution in [0.2, 0.25) is 5.02 Å². The highest BCUT2D eigenvalue weighted by atomic mass is 35.5. The molecule has 1 aliphatic rings. The Balaban J connectivity index is 1.86. The summed E-state index contributed by atoms with van der Waals surface area (Å²) in [6.45, 7) is 0. The van der Waals surface area contributed by atoms with E-state index in [-0.39, 0.29) is 0 Å². The van der Waals surface area contributed by atoms with Crippen molar-refractivity contribution in [2.24, 2.45) is 0 Å². The van der Waals surface area contributed by atoms with Crippen LogP contribution < -0.4 is 0 Å². The molecule has 3 heteroatoms. The third kappa shape index (κ3) is 1.60. The van der Waals surface area contributed by atoms with Crippen molar-refractivity contribution in [1.29, 1.82) is 0 Å². The Hall–Kier alpha value is -2.06. The lowest BCUT2D eigenvalue weighted by Crippen LogP contribution is -1.84. The number of H-pyrrole nitrogens is 1. The second kappa shape index (κ2) is 3.97. The number of hydrogen-bond donors (Lipinski definition) is 1. The second-order valence-corrected chi connectivity index (χ2v) is 5.21. The van der Waals surface area contributed by atoms with Gasteiger partial charge in [0.25, 0.3) is 0 Å². The highest BCUT2D eigenvalue weighted by molar-refractivity contribution is 6.32. The summed E-state index contributed by atoms with van der Waals surface area (Å²) in [5.74, 6) is 0. The number of fused-ring (bicyclic) bond motifs is 3. The molecule has 0 spiro atoms. The molecule has 0 atom stereocenters. The first-order valence-corrected chi connectivity index (χ1v) is 6.61. The Morgan fingerprint density at radius 1 is 1.00 bits per heavy atom. The van der Waals surface area contributed by atoms with Gasteiger partial charge in [0, 0.05) is 5.56 Å². The Kier molecular flexibility index (Phi) is 2.26. The molecule has 19 heavy (non-hydrogen) atoms. The predicted octanol–water partition coefficient (Wildman–Crippen LogP) is 4.30. The van der Waals surface area contributed by atoms with Crippen molar-refractivity contribution in [2.75, 3.05) is 0 Å². The summed E-state index contributed by atoms with van der Waals surface area (Å²) >= 11 is 6.12. The maximum Gasteiger partial charge on any atom is 0.0862 e. The molecule has 1 aromatic heterocycles. The van der Waals surface area contributed by atoms with Crippen LogP contribution in [-0.2, 0) is 6.42 Å². The number of halogens is 1. The number of aromatic nitrogens is 2. The van der Waals surface area contributed by atoms with Crippen LogP contribution in [0.15, 0.2) is 48.7 Å². The van der Waals surface area contributed by atoms with Gasteiger partial charge in [-0.05, 0) is 34.7 Å². The predicted molar refractivity (Wildman–Crippen MR) is 77.3 cm³/mol. The van der Waals surface area contributed by atoms with E-state index in [1.54, 1.807) is 6.20 Å². The third-order valence-corrected chi connectivity index (χ3v) is 3.96. The van der Waals surface area contributed by atoms with Crippen LogP contribution >= 0.6 is 11.6 Å². The van der Waals surface area contributed by atoms with Crippen LogP contribution in [0.1, 0.15) is 11.1 Å². The molecule has 92 valence electrons. The van der Waals surface area contributed by atoms with Crippen LogP contribution in [-0.4, -0.2) is 10.2 Å². The molecule has 2 aromatic carbocycles. The molecule has 3 aromatic rings. The van der Waals surface area contributed by atoms with Gasteiger partial charge in [-0.25, -0.2) is 0 Å². The van der Waals surface area contributed by atoms with Crippen LogP contribution in [0.5, 0.6) is 0 Å². The smallest absolute Gasteiger partial charge is 0.0862 e. The fraction of sp³-hybridized carbons (Fsp3) is 0.0625. The van der Waals surface area contributed by atoms with E-state index < -0.39 is 0 Å². The summed E-state index contributed by atoms with van der Waals surface area (Å²) in [7, 11) is 0. The third-order valence-electron chi connectivity index (χ3n) is 3.68. The van der Waals surface area contributed by atoms with E-state index in [0.717, 1.165) is 17.7 Å². The van der Waals surface area contributed by atoms with Gasteiger partial charge >= 0.3 is 0 Å². The number of rotatable bonds is 1. The minimum absolute atomic E-state index is 0.662. The van der Waals surface area contributed by atoms with Gasteiger partial charge in [-0.15, -0.1) is 0 Å². The van der Waals surface area contributed by atoms with Gasteiger partial charge < -0.3 is 0 Å². The van der Waals surface area contributed by atoms with Gasteiger partial charge in [-0.3, -0.25) is 5.10 Å². The molecule has 4 rings (SSSR count). The first-order valence-electron chi connectivity index (χ1n) is 6.23. The number of hydrogen-bond acceptors (Lipinski definition) is 1. The Labute approximate surface area is 116 Å². The fourth-order valence-electron chi connectivity index (χ4n) is 2.77. The quantitative estimate of drug-likeness (QED) is 0.547. The van der Waals surface area contributed by atoms with E-state index in [2.05, 4.69) is 52.7 Å². The van der Waals surface area contributed by atoms with Gasteiger partial charge in [-0.2, -0.15) is 5.10 Å². The monoisotopic (exact) mass is 266 g/mol. The standard InChI is InChI=1S/C16H11ClN2/c17-15-9-18-19-16(15)11-5-6-14-12(8-11)7-10-3-1-2-4-13(10)14/h1-6,8-9H,7H2,(H,18,19). The van der Waals surface area contributed by atoms with Crippen molar-refractivity contribution in [3.63, 3.8) is 0 Å². The first kappa shape index (κ1) is 10.8. The molecular formula is C16H11ClN2. The molecule has 1 N–H and O–H groups in total. The van der Waals surface area contributed by atoms with Crippen LogP contribution in [0.4, 0.5) is 0 Å². The molecule has 0 aliphatic heterocycles. The highest BCUT2D eigenvalue weighted by Gasteiger charge is 2.18. The fourth-order valence-corrected chi connectivity index (χ4v) is 2.97. The Morgan fingerprint density at radius 3 is 2.68 bits per heavy atom. The maximum atomic E-state index is 6.12. The van der Waals surface area contributed by atoms with Gasteiger partial charge in [-0.1, -0.05) is 48.0 Å². The van der Waals surface area contributed by atoms with Gasteiger partial charge in [0.15, 0.2) is 0 Å². The van der Waals surface area contributed by atoms with Crippen molar-refractivity contribution in [1.82, 2.24) is 10.2 Å². The average molecular weight is 267 g/mol. The Bertz CT molecular complexity index is 774. The largest absolute Gasteiger partial charge is 0.276 e. The topological polar surface area (TPSA) is 28.7 Å². The Morgan fingerprint density at radius 2 is 1.84 bits per heavy atom. The summed E-state index contributed by atoms with van der Waals surface area (Å²) in [6, 6.07) is 15.0. The van der Waals surface area contributed by atoms with E-state index in [4.69, 9.17) is 11.6 Å². The summed E-state index contributed by atoms with van der Waals surface area (Å²) in [4.78, 5) is 0. The lowest BCUT2D eigenvalue weighted by Gasteiger charge is -2.04. The average Bonchev–Trinajstić information content (AvgIpc) is 3.01. The summed E-state index contributed by atoms with van der Waals surface area (Å²) < 4.78 is 0. The summed E-state index contributed by atoms with van der Waals surface area (Å²) in [5.41, 5.74) is 7.40. The van der Waals surface area contributed by atoms with Gasteiger partial charge in [0.05, 0.1) is 16.9 Å².